The first-order chi connectivity index (χ1) is 11.4. The number of aromatic nitrogens is 2. The summed E-state index contributed by atoms with van der Waals surface area (Å²) in [6.45, 7) is 2.65. The second kappa shape index (κ2) is 8.05. The molecule has 0 saturated heterocycles. The largest absolute Gasteiger partial charge is 0.493 e. The van der Waals surface area contributed by atoms with Crippen molar-refractivity contribution in [1.29, 1.82) is 0 Å². The van der Waals surface area contributed by atoms with E-state index in [1.165, 1.54) is 13.2 Å². The Kier molecular flexibility index (Phi) is 6.08. The van der Waals surface area contributed by atoms with E-state index >= 15 is 0 Å². The molecular weight excluding hydrogens is 323 g/mol. The third kappa shape index (κ3) is 5.16. The van der Waals surface area contributed by atoms with E-state index in [0.717, 1.165) is 17.8 Å². The van der Waals surface area contributed by atoms with Crippen LogP contribution in [-0.2, 0) is 19.6 Å². The molecule has 1 N–H and O–H groups in total. The van der Waals surface area contributed by atoms with Crippen LogP contribution in [0.25, 0.3) is 0 Å². The Morgan fingerprint density at radius 2 is 1.96 bits per heavy atom. The first-order valence-corrected chi connectivity index (χ1v) is 7.51. The van der Waals surface area contributed by atoms with Crippen LogP contribution in [0.1, 0.15) is 18.2 Å². The lowest BCUT2D eigenvalue weighted by Crippen LogP contribution is -2.19. The molecule has 1 heterocycles. The van der Waals surface area contributed by atoms with E-state index in [4.69, 9.17) is 9.47 Å². The summed E-state index contributed by atoms with van der Waals surface area (Å²) in [5, 5.41) is 7.46. The minimum Gasteiger partial charge on any atom is -0.493 e. The Balaban J connectivity index is 1.94. The van der Waals surface area contributed by atoms with E-state index in [0.29, 0.717) is 13.1 Å². The number of aryl methyl sites for hydroxylation is 1. The number of alkyl halides is 3. The zero-order valence-electron chi connectivity index (χ0n) is 13.6. The van der Waals surface area contributed by atoms with Gasteiger partial charge in [-0.15, -0.1) is 0 Å². The van der Waals surface area contributed by atoms with Crippen LogP contribution in [0.3, 0.4) is 0 Å². The summed E-state index contributed by atoms with van der Waals surface area (Å²) < 4.78 is 48.5. The van der Waals surface area contributed by atoms with Crippen molar-refractivity contribution in [2.24, 2.45) is 0 Å². The van der Waals surface area contributed by atoms with Crippen molar-refractivity contribution in [2.75, 3.05) is 13.7 Å². The molecule has 8 heteroatoms. The van der Waals surface area contributed by atoms with Crippen LogP contribution in [0.5, 0.6) is 11.5 Å². The highest BCUT2D eigenvalue weighted by molar-refractivity contribution is 5.43. The van der Waals surface area contributed by atoms with Gasteiger partial charge in [0, 0.05) is 25.8 Å². The number of hydrogen-bond acceptors (Lipinski definition) is 4. The number of ether oxygens (including phenoxy) is 2. The molecule has 2 aromatic rings. The van der Waals surface area contributed by atoms with Crippen LogP contribution in [0, 0.1) is 0 Å². The first kappa shape index (κ1) is 18.1. The second-order valence-corrected chi connectivity index (χ2v) is 5.13. The van der Waals surface area contributed by atoms with Gasteiger partial charge in [0.2, 0.25) is 0 Å². The zero-order valence-corrected chi connectivity index (χ0v) is 13.6. The van der Waals surface area contributed by atoms with Gasteiger partial charge in [0.25, 0.3) is 0 Å². The predicted octanol–water partition coefficient (Wildman–Crippen LogP) is 3.14. The second-order valence-electron chi connectivity index (χ2n) is 5.13. The summed E-state index contributed by atoms with van der Waals surface area (Å²) in [5.41, 5.74) is 1.95. The number of methoxy groups -OCH3 is 1. The summed E-state index contributed by atoms with van der Waals surface area (Å²) in [5.74, 6) is 0.347. The maximum absolute atomic E-state index is 12.2. The minimum atomic E-state index is -4.38. The Labute approximate surface area is 138 Å². The van der Waals surface area contributed by atoms with Crippen LogP contribution in [0.2, 0.25) is 0 Å². The molecule has 0 saturated carbocycles. The third-order valence-electron chi connectivity index (χ3n) is 3.36. The minimum absolute atomic E-state index is 0.0719. The van der Waals surface area contributed by atoms with E-state index in [9.17, 15) is 13.2 Å². The lowest BCUT2D eigenvalue weighted by Gasteiger charge is -2.14. The number of rotatable bonds is 8. The number of benzene rings is 1. The van der Waals surface area contributed by atoms with Gasteiger partial charge in [0.15, 0.2) is 18.1 Å². The molecule has 5 nitrogen and oxygen atoms in total. The first-order valence-electron chi connectivity index (χ1n) is 7.51. The fraction of sp³-hybridized carbons (Fsp3) is 0.438. The van der Waals surface area contributed by atoms with Crippen molar-refractivity contribution in [2.45, 2.75) is 32.7 Å². The SMILES string of the molecule is CCn1nccc1CNCc1ccc(OCC(F)(F)F)c(OC)c1. The number of hydrogen-bond donors (Lipinski definition) is 1. The maximum atomic E-state index is 12.2. The average Bonchev–Trinajstić information content (AvgIpc) is 3.00. The van der Waals surface area contributed by atoms with Crippen LogP contribution in [0.15, 0.2) is 30.5 Å². The highest BCUT2D eigenvalue weighted by Gasteiger charge is 2.29. The van der Waals surface area contributed by atoms with Crippen LogP contribution >= 0.6 is 0 Å². The highest BCUT2D eigenvalue weighted by atomic mass is 19.4. The van der Waals surface area contributed by atoms with Gasteiger partial charge >= 0.3 is 6.18 Å². The topological polar surface area (TPSA) is 48.3 Å². The van der Waals surface area contributed by atoms with Gasteiger partial charge in [-0.05, 0) is 30.7 Å². The Morgan fingerprint density at radius 1 is 1.17 bits per heavy atom. The van der Waals surface area contributed by atoms with Gasteiger partial charge in [0.05, 0.1) is 12.8 Å². The van der Waals surface area contributed by atoms with Crippen molar-refractivity contribution in [3.8, 4) is 11.5 Å². The molecule has 0 aliphatic carbocycles. The molecule has 2 rings (SSSR count). The standard InChI is InChI=1S/C16H20F3N3O2/c1-3-22-13(6-7-21-22)10-20-9-12-4-5-14(15(8-12)23-2)24-11-16(17,18)19/h4-8,20H,3,9-11H2,1-2H3. The van der Waals surface area contributed by atoms with Gasteiger partial charge in [-0.3, -0.25) is 4.68 Å². The van der Waals surface area contributed by atoms with Crippen molar-refractivity contribution in [1.82, 2.24) is 15.1 Å². The lowest BCUT2D eigenvalue weighted by atomic mass is 10.2. The Morgan fingerprint density at radius 3 is 2.62 bits per heavy atom. The van der Waals surface area contributed by atoms with Crippen molar-refractivity contribution in [3.05, 3.63) is 41.7 Å². The van der Waals surface area contributed by atoms with Crippen molar-refractivity contribution in [3.63, 3.8) is 0 Å². The van der Waals surface area contributed by atoms with E-state index < -0.39 is 12.8 Å². The molecule has 1 aromatic carbocycles. The summed E-state index contributed by atoms with van der Waals surface area (Å²) in [4.78, 5) is 0. The molecule has 1 aromatic heterocycles. The quantitative estimate of drug-likeness (QED) is 0.800. The van der Waals surface area contributed by atoms with Gasteiger partial charge in [-0.25, -0.2) is 0 Å². The fourth-order valence-electron chi connectivity index (χ4n) is 2.23. The van der Waals surface area contributed by atoms with Crippen molar-refractivity contribution >= 4 is 0 Å². The van der Waals surface area contributed by atoms with Gasteiger partial charge < -0.3 is 14.8 Å². The number of halogens is 3. The summed E-state index contributed by atoms with van der Waals surface area (Å²) in [7, 11) is 1.40. The molecule has 0 aliphatic heterocycles. The normalized spacial score (nSPS) is 11.5. The molecule has 0 fully saturated rings. The lowest BCUT2D eigenvalue weighted by molar-refractivity contribution is -0.153. The molecule has 24 heavy (non-hydrogen) atoms. The molecule has 0 atom stereocenters. The van der Waals surface area contributed by atoms with Gasteiger partial charge in [0.1, 0.15) is 0 Å². The molecule has 0 spiro atoms. The van der Waals surface area contributed by atoms with Crippen LogP contribution in [-0.4, -0.2) is 29.7 Å². The number of nitrogens with zero attached hydrogens (tertiary/aromatic N) is 2. The molecule has 0 radical (unpaired) electrons. The molecular formula is C16H20F3N3O2. The van der Waals surface area contributed by atoms with E-state index in [1.807, 2.05) is 17.7 Å². The fourth-order valence-corrected chi connectivity index (χ4v) is 2.23. The molecule has 0 amide bonds. The van der Waals surface area contributed by atoms with Crippen LogP contribution in [0.4, 0.5) is 13.2 Å². The third-order valence-corrected chi connectivity index (χ3v) is 3.36. The van der Waals surface area contributed by atoms with E-state index in [2.05, 4.69) is 10.4 Å². The molecule has 0 aliphatic rings. The summed E-state index contributed by atoms with van der Waals surface area (Å²) >= 11 is 0. The Bertz CT molecular complexity index is 656. The molecule has 0 unspecified atom stereocenters. The number of nitrogens with one attached hydrogen (secondary N) is 1. The maximum Gasteiger partial charge on any atom is 0.422 e. The zero-order chi connectivity index (χ0) is 17.6. The molecule has 0 bridgehead atoms. The predicted molar refractivity (Wildman–Crippen MR) is 83.0 cm³/mol. The molecule has 132 valence electrons. The van der Waals surface area contributed by atoms with E-state index in [-0.39, 0.29) is 11.5 Å². The summed E-state index contributed by atoms with van der Waals surface area (Å²) in [6, 6.07) is 6.79. The van der Waals surface area contributed by atoms with E-state index in [1.54, 1.807) is 18.3 Å². The average molecular weight is 343 g/mol. The van der Waals surface area contributed by atoms with Crippen molar-refractivity contribution < 1.29 is 22.6 Å². The smallest absolute Gasteiger partial charge is 0.422 e. The van der Waals surface area contributed by atoms with Gasteiger partial charge in [-0.1, -0.05) is 6.07 Å². The summed E-state index contributed by atoms with van der Waals surface area (Å²) in [6.07, 6.45) is -2.64. The van der Waals surface area contributed by atoms with Gasteiger partial charge in [-0.2, -0.15) is 18.3 Å². The highest BCUT2D eigenvalue weighted by Crippen LogP contribution is 2.29. The Hall–Kier alpha value is -2.22. The monoisotopic (exact) mass is 343 g/mol. The van der Waals surface area contributed by atoms with Crippen LogP contribution < -0.4 is 14.8 Å².